The van der Waals surface area contributed by atoms with Crippen molar-refractivity contribution in [3.8, 4) is 28.4 Å². The molecule has 0 bridgehead atoms. The number of benzene rings is 4. The Balaban J connectivity index is 2.03. The van der Waals surface area contributed by atoms with E-state index in [0.29, 0.717) is 5.75 Å². The molecule has 5 rings (SSSR count). The Labute approximate surface area is 138 Å². The summed E-state index contributed by atoms with van der Waals surface area (Å²) in [6.07, 6.45) is 0. The van der Waals surface area contributed by atoms with Crippen LogP contribution in [0.2, 0.25) is 0 Å². The zero-order chi connectivity index (χ0) is 16.1. The summed E-state index contributed by atoms with van der Waals surface area (Å²) < 4.78 is 11.6. The lowest BCUT2D eigenvalue weighted by atomic mass is 9.92. The average Bonchev–Trinajstić information content (AvgIpc) is 2.82. The fourth-order valence-electron chi connectivity index (χ4n) is 3.49. The van der Waals surface area contributed by atoms with E-state index >= 15 is 0 Å². The highest BCUT2D eigenvalue weighted by Gasteiger charge is 2.24. The molecule has 3 nitrogen and oxygen atoms in total. The van der Waals surface area contributed by atoms with Crippen molar-refractivity contribution in [1.29, 1.82) is 0 Å². The van der Waals surface area contributed by atoms with Gasteiger partial charge in [0.25, 0.3) is 0 Å². The summed E-state index contributed by atoms with van der Waals surface area (Å²) in [6.45, 7) is 0.0737. The maximum absolute atomic E-state index is 10.5. The highest BCUT2D eigenvalue weighted by Crippen LogP contribution is 2.50. The topological polar surface area (TPSA) is 38.7 Å². The number of phenolic OH excluding ortho intramolecular Hbond substituents is 1. The molecule has 4 aromatic carbocycles. The number of ether oxygens (including phenoxy) is 2. The molecule has 1 heterocycles. The fourth-order valence-corrected chi connectivity index (χ4v) is 3.49. The average molecular weight is 314 g/mol. The molecule has 24 heavy (non-hydrogen) atoms. The number of fused-ring (bicyclic) bond motifs is 7. The summed E-state index contributed by atoms with van der Waals surface area (Å²) >= 11 is 0. The van der Waals surface area contributed by atoms with Gasteiger partial charge in [0.05, 0.1) is 0 Å². The maximum Gasteiger partial charge on any atom is 0.231 e. The van der Waals surface area contributed by atoms with Crippen LogP contribution in [0.1, 0.15) is 0 Å². The Bertz CT molecular complexity index is 1100. The molecule has 1 aliphatic heterocycles. The van der Waals surface area contributed by atoms with E-state index in [2.05, 4.69) is 12.1 Å². The van der Waals surface area contributed by atoms with Crippen LogP contribution < -0.4 is 9.47 Å². The SMILES string of the molecule is Oc1cc2ccccc2c2c1OCOc1ccc3ccccc3c1-2. The first-order valence-corrected chi connectivity index (χ1v) is 7.85. The summed E-state index contributed by atoms with van der Waals surface area (Å²) in [5, 5.41) is 14.7. The molecule has 0 aromatic heterocycles. The first-order chi connectivity index (χ1) is 11.8. The van der Waals surface area contributed by atoms with E-state index in [1.54, 1.807) is 6.07 Å². The summed E-state index contributed by atoms with van der Waals surface area (Å²) in [4.78, 5) is 0. The van der Waals surface area contributed by atoms with Crippen LogP contribution in [0.3, 0.4) is 0 Å². The van der Waals surface area contributed by atoms with Crippen molar-refractivity contribution in [1.82, 2.24) is 0 Å². The fraction of sp³-hybridized carbons (Fsp3) is 0.0476. The van der Waals surface area contributed by atoms with Crippen molar-refractivity contribution in [2.75, 3.05) is 6.79 Å². The van der Waals surface area contributed by atoms with Crippen molar-refractivity contribution < 1.29 is 14.6 Å². The van der Waals surface area contributed by atoms with E-state index < -0.39 is 0 Å². The van der Waals surface area contributed by atoms with Crippen LogP contribution in [0, 0.1) is 0 Å². The van der Waals surface area contributed by atoms with E-state index in [0.717, 1.165) is 38.4 Å². The second-order valence-electron chi connectivity index (χ2n) is 5.89. The van der Waals surface area contributed by atoms with Gasteiger partial charge in [-0.05, 0) is 33.7 Å². The summed E-state index contributed by atoms with van der Waals surface area (Å²) in [5.41, 5.74) is 1.85. The van der Waals surface area contributed by atoms with Gasteiger partial charge in [0.1, 0.15) is 5.75 Å². The molecule has 0 fully saturated rings. The van der Waals surface area contributed by atoms with Gasteiger partial charge in [0.15, 0.2) is 11.5 Å². The summed E-state index contributed by atoms with van der Waals surface area (Å²) in [7, 11) is 0. The normalized spacial score (nSPS) is 12.8. The predicted molar refractivity (Wildman–Crippen MR) is 94.7 cm³/mol. The molecule has 4 aromatic rings. The van der Waals surface area contributed by atoms with E-state index in [4.69, 9.17) is 9.47 Å². The Morgan fingerprint density at radius 2 is 1.42 bits per heavy atom. The van der Waals surface area contributed by atoms with Crippen molar-refractivity contribution in [2.24, 2.45) is 0 Å². The lowest BCUT2D eigenvalue weighted by molar-refractivity contribution is 0.121. The molecule has 3 heteroatoms. The minimum Gasteiger partial charge on any atom is -0.504 e. The first kappa shape index (κ1) is 13.3. The molecule has 0 unspecified atom stereocenters. The molecule has 0 saturated carbocycles. The number of rotatable bonds is 0. The van der Waals surface area contributed by atoms with Gasteiger partial charge in [-0.25, -0.2) is 0 Å². The van der Waals surface area contributed by atoms with Crippen molar-refractivity contribution in [3.05, 3.63) is 66.7 Å². The molecule has 116 valence electrons. The molecule has 0 aliphatic carbocycles. The number of hydrogen-bond donors (Lipinski definition) is 1. The molecule has 0 atom stereocenters. The van der Waals surface area contributed by atoms with E-state index in [-0.39, 0.29) is 12.5 Å². The Morgan fingerprint density at radius 3 is 2.25 bits per heavy atom. The van der Waals surface area contributed by atoms with Gasteiger partial charge in [-0.2, -0.15) is 0 Å². The highest BCUT2D eigenvalue weighted by molar-refractivity contribution is 6.10. The Kier molecular flexibility index (Phi) is 2.71. The highest BCUT2D eigenvalue weighted by atomic mass is 16.7. The van der Waals surface area contributed by atoms with Crippen LogP contribution in [0.4, 0.5) is 0 Å². The van der Waals surface area contributed by atoms with E-state index in [9.17, 15) is 5.11 Å². The van der Waals surface area contributed by atoms with Crippen LogP contribution in [0.5, 0.6) is 17.2 Å². The van der Waals surface area contributed by atoms with Gasteiger partial charge < -0.3 is 14.6 Å². The molecule has 1 aliphatic rings. The minimum atomic E-state index is 0.0737. The van der Waals surface area contributed by atoms with Gasteiger partial charge >= 0.3 is 0 Å². The van der Waals surface area contributed by atoms with Crippen LogP contribution in [-0.2, 0) is 0 Å². The number of hydrogen-bond acceptors (Lipinski definition) is 3. The third-order valence-corrected chi connectivity index (χ3v) is 4.54. The smallest absolute Gasteiger partial charge is 0.231 e. The number of aromatic hydroxyl groups is 1. The number of phenols is 1. The Hall–Kier alpha value is -3.20. The van der Waals surface area contributed by atoms with Gasteiger partial charge in [0, 0.05) is 11.1 Å². The minimum absolute atomic E-state index is 0.0737. The van der Waals surface area contributed by atoms with Crippen LogP contribution in [0.25, 0.3) is 32.7 Å². The van der Waals surface area contributed by atoms with Crippen molar-refractivity contribution in [2.45, 2.75) is 0 Å². The van der Waals surface area contributed by atoms with Crippen LogP contribution in [-0.4, -0.2) is 11.9 Å². The van der Waals surface area contributed by atoms with Crippen molar-refractivity contribution >= 4 is 21.5 Å². The lowest BCUT2D eigenvalue weighted by Crippen LogP contribution is -2.03. The maximum atomic E-state index is 10.5. The van der Waals surface area contributed by atoms with Crippen LogP contribution >= 0.6 is 0 Å². The molecular weight excluding hydrogens is 300 g/mol. The van der Waals surface area contributed by atoms with Gasteiger partial charge in [-0.15, -0.1) is 0 Å². The second-order valence-corrected chi connectivity index (χ2v) is 5.89. The predicted octanol–water partition coefficient (Wildman–Crippen LogP) is 5.09. The molecule has 0 radical (unpaired) electrons. The van der Waals surface area contributed by atoms with E-state index in [1.165, 1.54) is 0 Å². The largest absolute Gasteiger partial charge is 0.504 e. The molecule has 0 saturated heterocycles. The van der Waals surface area contributed by atoms with E-state index in [1.807, 2.05) is 48.5 Å². The standard InChI is InChI=1S/C21H14O3/c22-17-11-14-6-2-4-8-16(14)20-19-15-7-3-1-5-13(15)9-10-18(19)23-12-24-21(17)20/h1-11,22H,12H2. The second kappa shape index (κ2) is 4.90. The summed E-state index contributed by atoms with van der Waals surface area (Å²) in [5.74, 6) is 1.38. The van der Waals surface area contributed by atoms with Gasteiger partial charge in [0.2, 0.25) is 6.79 Å². The Morgan fingerprint density at radius 1 is 0.708 bits per heavy atom. The zero-order valence-corrected chi connectivity index (χ0v) is 12.8. The molecule has 0 spiro atoms. The third-order valence-electron chi connectivity index (χ3n) is 4.54. The van der Waals surface area contributed by atoms with Crippen molar-refractivity contribution in [3.63, 3.8) is 0 Å². The monoisotopic (exact) mass is 314 g/mol. The lowest BCUT2D eigenvalue weighted by Gasteiger charge is -2.14. The summed E-state index contributed by atoms with van der Waals surface area (Å²) in [6, 6.07) is 21.9. The molecule has 0 amide bonds. The first-order valence-electron chi connectivity index (χ1n) is 7.85. The van der Waals surface area contributed by atoms with Crippen LogP contribution in [0.15, 0.2) is 66.7 Å². The molecule has 1 N–H and O–H groups in total. The van der Waals surface area contributed by atoms with Gasteiger partial charge in [-0.1, -0.05) is 54.6 Å². The van der Waals surface area contributed by atoms with Gasteiger partial charge in [-0.3, -0.25) is 0 Å². The third kappa shape index (κ3) is 1.78. The quantitative estimate of drug-likeness (QED) is 0.491. The molecular formula is C21H14O3. The zero-order valence-electron chi connectivity index (χ0n) is 12.8.